The average Bonchev–Trinajstić information content (AvgIpc) is 2.44. The van der Waals surface area contributed by atoms with E-state index in [1.807, 2.05) is 27.7 Å². The summed E-state index contributed by atoms with van der Waals surface area (Å²) in [5.41, 5.74) is 0. The van der Waals surface area contributed by atoms with Crippen LogP contribution >= 0.6 is 0 Å². The summed E-state index contributed by atoms with van der Waals surface area (Å²) >= 11 is 0. The second-order valence-corrected chi connectivity index (χ2v) is 4.08. The quantitative estimate of drug-likeness (QED) is 0.757. The Labute approximate surface area is 115 Å². The number of carbonyl (C=O) groups excluding carboxylic acids is 1. The van der Waals surface area contributed by atoms with Crippen molar-refractivity contribution in [1.29, 1.82) is 0 Å². The molecule has 18 heavy (non-hydrogen) atoms. The molecule has 0 amide bonds. The highest BCUT2D eigenvalue weighted by molar-refractivity contribution is 5.75. The van der Waals surface area contributed by atoms with E-state index in [1.165, 1.54) is 32.7 Å². The molecule has 110 valence electrons. The van der Waals surface area contributed by atoms with Crippen LogP contribution in [0.3, 0.4) is 0 Å². The van der Waals surface area contributed by atoms with Gasteiger partial charge < -0.3 is 14.6 Å². The van der Waals surface area contributed by atoms with Gasteiger partial charge in [0, 0.05) is 32.6 Å². The molecule has 1 fully saturated rings. The van der Waals surface area contributed by atoms with Crippen molar-refractivity contribution >= 4 is 5.78 Å². The normalized spacial score (nSPS) is 16.1. The van der Waals surface area contributed by atoms with E-state index in [-0.39, 0.29) is 0 Å². The van der Waals surface area contributed by atoms with Crippen LogP contribution in [0.1, 0.15) is 54.4 Å². The first-order valence-electron chi connectivity index (χ1n) is 7.66. The van der Waals surface area contributed by atoms with Crippen LogP contribution in [0.15, 0.2) is 0 Å². The van der Waals surface area contributed by atoms with Crippen LogP contribution in [0.25, 0.3) is 0 Å². The van der Waals surface area contributed by atoms with Crippen molar-refractivity contribution in [2.75, 3.05) is 39.3 Å². The maximum atomic E-state index is 10.8. The van der Waals surface area contributed by atoms with E-state index in [0.717, 1.165) is 19.4 Å². The fourth-order valence-corrected chi connectivity index (χ4v) is 1.88. The number of hydrogen-bond acceptors (Lipinski definition) is 3. The molecule has 1 aliphatic heterocycles. The van der Waals surface area contributed by atoms with Gasteiger partial charge in [-0.15, -0.1) is 0 Å². The Morgan fingerprint density at radius 3 is 1.78 bits per heavy atom. The summed E-state index contributed by atoms with van der Waals surface area (Å²) in [6.45, 7) is 18.9. The zero-order chi connectivity index (χ0) is 14.4. The van der Waals surface area contributed by atoms with Crippen molar-refractivity contribution < 1.29 is 4.79 Å². The van der Waals surface area contributed by atoms with Gasteiger partial charge in [-0.3, -0.25) is 0 Å². The third-order valence-electron chi connectivity index (χ3n) is 2.92. The third-order valence-corrected chi connectivity index (χ3v) is 2.92. The Morgan fingerprint density at radius 2 is 1.39 bits per heavy atom. The topological polar surface area (TPSA) is 23.6 Å². The first kappa shape index (κ1) is 19.9. The standard InChI is InChI=1S/C11H22N2O.2C2H6/c1-3-12-7-9-13(10-8-12)6-4-5-11(2)14;2*1-2/h3-10H2,1-2H3;2*1-2H3. The molecule has 0 aromatic carbocycles. The van der Waals surface area contributed by atoms with Crippen molar-refractivity contribution in [2.45, 2.75) is 54.4 Å². The molecule has 0 aromatic rings. The summed E-state index contributed by atoms with van der Waals surface area (Å²) in [6, 6.07) is 0. The number of piperazine rings is 1. The van der Waals surface area contributed by atoms with Gasteiger partial charge in [0.15, 0.2) is 0 Å². The Hall–Kier alpha value is -0.410. The van der Waals surface area contributed by atoms with E-state index in [9.17, 15) is 4.79 Å². The lowest BCUT2D eigenvalue weighted by atomic mass is 10.2. The van der Waals surface area contributed by atoms with Crippen molar-refractivity contribution in [3.8, 4) is 0 Å². The fourth-order valence-electron chi connectivity index (χ4n) is 1.88. The summed E-state index contributed by atoms with van der Waals surface area (Å²) in [7, 11) is 0. The summed E-state index contributed by atoms with van der Waals surface area (Å²) in [5.74, 6) is 0.317. The maximum absolute atomic E-state index is 10.8. The number of likely N-dealkylation sites (N-methyl/N-ethyl adjacent to an activating group) is 1. The van der Waals surface area contributed by atoms with E-state index in [2.05, 4.69) is 16.7 Å². The van der Waals surface area contributed by atoms with Crippen molar-refractivity contribution in [1.82, 2.24) is 9.80 Å². The Kier molecular flexibility index (Phi) is 16.2. The first-order valence-corrected chi connectivity index (χ1v) is 7.66. The molecule has 0 spiro atoms. The lowest BCUT2D eigenvalue weighted by molar-refractivity contribution is -0.117. The Bertz CT molecular complexity index is 175. The number of hydrogen-bond donors (Lipinski definition) is 0. The Balaban J connectivity index is 0. The van der Waals surface area contributed by atoms with Crippen LogP contribution in [0.2, 0.25) is 0 Å². The van der Waals surface area contributed by atoms with E-state index < -0.39 is 0 Å². The second kappa shape index (κ2) is 14.7. The summed E-state index contributed by atoms with van der Waals surface area (Å²) in [4.78, 5) is 15.7. The zero-order valence-electron chi connectivity index (χ0n) is 13.5. The molecule has 3 nitrogen and oxygen atoms in total. The zero-order valence-corrected chi connectivity index (χ0v) is 13.5. The molecule has 0 N–H and O–H groups in total. The number of Topliss-reactive ketones (excluding diaryl/α,β-unsaturated/α-hetero) is 1. The molecular formula is C15H34N2O. The lowest BCUT2D eigenvalue weighted by Crippen LogP contribution is -2.46. The number of rotatable bonds is 5. The van der Waals surface area contributed by atoms with Crippen molar-refractivity contribution in [3.63, 3.8) is 0 Å². The molecule has 0 radical (unpaired) electrons. The Morgan fingerprint density at radius 1 is 0.944 bits per heavy atom. The monoisotopic (exact) mass is 258 g/mol. The van der Waals surface area contributed by atoms with Crippen LogP contribution in [0.5, 0.6) is 0 Å². The molecule has 0 bridgehead atoms. The summed E-state index contributed by atoms with van der Waals surface area (Å²) < 4.78 is 0. The molecule has 1 saturated heterocycles. The predicted molar refractivity (Wildman–Crippen MR) is 81.2 cm³/mol. The minimum Gasteiger partial charge on any atom is -0.301 e. The van der Waals surface area contributed by atoms with Gasteiger partial charge in [0.1, 0.15) is 5.78 Å². The van der Waals surface area contributed by atoms with E-state index in [1.54, 1.807) is 6.92 Å². The molecule has 0 aromatic heterocycles. The fraction of sp³-hybridized carbons (Fsp3) is 0.933. The molecule has 0 unspecified atom stereocenters. The van der Waals surface area contributed by atoms with Gasteiger partial charge in [0.2, 0.25) is 0 Å². The van der Waals surface area contributed by atoms with Gasteiger partial charge in [-0.1, -0.05) is 34.6 Å². The van der Waals surface area contributed by atoms with Crippen LogP contribution < -0.4 is 0 Å². The van der Waals surface area contributed by atoms with Gasteiger partial charge in [0.25, 0.3) is 0 Å². The smallest absolute Gasteiger partial charge is 0.129 e. The minimum absolute atomic E-state index is 0.317. The van der Waals surface area contributed by atoms with E-state index >= 15 is 0 Å². The minimum atomic E-state index is 0.317. The van der Waals surface area contributed by atoms with Gasteiger partial charge in [0.05, 0.1) is 0 Å². The van der Waals surface area contributed by atoms with E-state index in [0.29, 0.717) is 5.78 Å². The molecule has 1 aliphatic rings. The highest BCUT2D eigenvalue weighted by Gasteiger charge is 2.14. The molecule has 3 heteroatoms. The van der Waals surface area contributed by atoms with Crippen LogP contribution in [0, 0.1) is 0 Å². The third kappa shape index (κ3) is 10.7. The van der Waals surface area contributed by atoms with Crippen LogP contribution in [0.4, 0.5) is 0 Å². The lowest BCUT2D eigenvalue weighted by Gasteiger charge is -2.33. The summed E-state index contributed by atoms with van der Waals surface area (Å²) in [5, 5.41) is 0. The highest BCUT2D eigenvalue weighted by atomic mass is 16.1. The number of carbonyl (C=O) groups is 1. The molecule has 1 heterocycles. The first-order chi connectivity index (χ1) is 8.72. The molecule has 0 atom stereocenters. The average molecular weight is 258 g/mol. The molecule has 1 rings (SSSR count). The molecule has 0 saturated carbocycles. The van der Waals surface area contributed by atoms with Crippen LogP contribution in [-0.2, 0) is 4.79 Å². The number of ketones is 1. The maximum Gasteiger partial charge on any atom is 0.129 e. The van der Waals surface area contributed by atoms with Crippen LogP contribution in [-0.4, -0.2) is 54.9 Å². The number of nitrogens with zero attached hydrogens (tertiary/aromatic N) is 2. The van der Waals surface area contributed by atoms with Crippen molar-refractivity contribution in [2.24, 2.45) is 0 Å². The van der Waals surface area contributed by atoms with Gasteiger partial charge >= 0.3 is 0 Å². The predicted octanol–water partition coefficient (Wildman–Crippen LogP) is 3.05. The molecular weight excluding hydrogens is 224 g/mol. The largest absolute Gasteiger partial charge is 0.301 e. The SMILES string of the molecule is CC.CC.CCN1CCN(CCCC(C)=O)CC1. The second-order valence-electron chi connectivity index (χ2n) is 4.08. The van der Waals surface area contributed by atoms with Crippen molar-refractivity contribution in [3.05, 3.63) is 0 Å². The van der Waals surface area contributed by atoms with E-state index in [4.69, 9.17) is 0 Å². The van der Waals surface area contributed by atoms with Gasteiger partial charge in [-0.2, -0.15) is 0 Å². The van der Waals surface area contributed by atoms with Gasteiger partial charge in [-0.05, 0) is 26.4 Å². The highest BCUT2D eigenvalue weighted by Crippen LogP contribution is 2.03. The molecule has 0 aliphatic carbocycles. The van der Waals surface area contributed by atoms with Gasteiger partial charge in [-0.25, -0.2) is 0 Å². The summed E-state index contributed by atoms with van der Waals surface area (Å²) in [6.07, 6.45) is 1.77.